The van der Waals surface area contributed by atoms with E-state index < -0.39 is 0 Å². The zero-order valence-electron chi connectivity index (χ0n) is 8.34. The first-order chi connectivity index (χ1) is 6.44. The van der Waals surface area contributed by atoms with Gasteiger partial charge in [0.05, 0.1) is 16.8 Å². The Morgan fingerprint density at radius 2 is 2.07 bits per heavy atom. The van der Waals surface area contributed by atoms with Crippen LogP contribution < -0.4 is 0 Å². The third-order valence-corrected chi connectivity index (χ3v) is 3.02. The Morgan fingerprint density at radius 3 is 2.71 bits per heavy atom. The van der Waals surface area contributed by atoms with Crippen molar-refractivity contribution in [2.24, 2.45) is 0 Å². The summed E-state index contributed by atoms with van der Waals surface area (Å²) in [6, 6.07) is 3.38. The highest BCUT2D eigenvalue weighted by atomic mass is 35.5. The molecule has 0 fully saturated rings. The van der Waals surface area contributed by atoms with Crippen LogP contribution >= 0.6 is 11.6 Å². The molecular formula is C10H11ClN2O. The van der Waals surface area contributed by atoms with Crippen LogP contribution in [0.15, 0.2) is 12.1 Å². The Morgan fingerprint density at radius 1 is 1.43 bits per heavy atom. The van der Waals surface area contributed by atoms with Crippen molar-refractivity contribution in [1.82, 2.24) is 9.88 Å². The Bertz CT molecular complexity index is 415. The van der Waals surface area contributed by atoms with Crippen LogP contribution in [0, 0.1) is 0 Å². The lowest BCUT2D eigenvalue weighted by Crippen LogP contribution is -2.35. The van der Waals surface area contributed by atoms with Gasteiger partial charge >= 0.3 is 0 Å². The van der Waals surface area contributed by atoms with Gasteiger partial charge in [-0.3, -0.25) is 4.79 Å². The highest BCUT2D eigenvalue weighted by molar-refractivity contribution is 6.29. The summed E-state index contributed by atoms with van der Waals surface area (Å²) in [7, 11) is 1.78. The predicted octanol–water partition coefficient (Wildman–Crippen LogP) is 2.06. The maximum atomic E-state index is 11.8. The van der Waals surface area contributed by atoms with Gasteiger partial charge < -0.3 is 4.90 Å². The number of fused-ring (bicyclic) bond motifs is 1. The van der Waals surface area contributed by atoms with Gasteiger partial charge in [0.2, 0.25) is 0 Å². The van der Waals surface area contributed by atoms with Gasteiger partial charge in [-0.15, -0.1) is 0 Å². The van der Waals surface area contributed by atoms with Crippen LogP contribution in [0.1, 0.15) is 29.9 Å². The molecule has 1 aliphatic heterocycles. The number of halogens is 1. The Hall–Kier alpha value is -1.09. The third-order valence-electron chi connectivity index (χ3n) is 2.81. The summed E-state index contributed by atoms with van der Waals surface area (Å²) in [5.41, 5.74) is 1.05. The second-order valence-corrected chi connectivity index (χ2v) is 4.34. The van der Waals surface area contributed by atoms with Crippen LogP contribution in [0.25, 0.3) is 0 Å². The first-order valence-corrected chi connectivity index (χ1v) is 4.77. The molecule has 0 unspecified atom stereocenters. The standard InChI is InChI=1S/C10H11ClN2O/c1-10(2)8-6(9(14)13(10)3)4-5-7(11)12-8/h4-5H,1-3H3. The second-order valence-electron chi connectivity index (χ2n) is 3.95. The summed E-state index contributed by atoms with van der Waals surface area (Å²) in [5, 5.41) is 0.430. The lowest BCUT2D eigenvalue weighted by Gasteiger charge is -2.27. The highest BCUT2D eigenvalue weighted by Gasteiger charge is 2.41. The van der Waals surface area contributed by atoms with Crippen molar-refractivity contribution in [1.29, 1.82) is 0 Å². The average molecular weight is 211 g/mol. The summed E-state index contributed by atoms with van der Waals surface area (Å²) in [6.45, 7) is 3.92. The lowest BCUT2D eigenvalue weighted by atomic mass is 10.0. The van der Waals surface area contributed by atoms with Gasteiger partial charge in [0, 0.05) is 7.05 Å². The van der Waals surface area contributed by atoms with Crippen LogP contribution in [0.3, 0.4) is 0 Å². The third kappa shape index (κ3) is 1.05. The van der Waals surface area contributed by atoms with Crippen molar-refractivity contribution >= 4 is 17.5 Å². The van der Waals surface area contributed by atoms with Crippen LogP contribution in [0.5, 0.6) is 0 Å². The fourth-order valence-corrected chi connectivity index (χ4v) is 1.82. The number of nitrogens with zero attached hydrogens (tertiary/aromatic N) is 2. The second kappa shape index (κ2) is 2.70. The average Bonchev–Trinajstić information content (AvgIpc) is 2.29. The molecule has 0 aromatic carbocycles. The summed E-state index contributed by atoms with van der Waals surface area (Å²) in [6.07, 6.45) is 0. The molecule has 1 aromatic heterocycles. The van der Waals surface area contributed by atoms with Crippen LogP contribution in [-0.4, -0.2) is 22.8 Å². The Balaban J connectivity index is 2.69. The molecule has 2 heterocycles. The number of hydrogen-bond donors (Lipinski definition) is 0. The van der Waals surface area contributed by atoms with Gasteiger partial charge in [0.1, 0.15) is 5.15 Å². The van der Waals surface area contributed by atoms with E-state index >= 15 is 0 Å². The van der Waals surface area contributed by atoms with E-state index in [1.54, 1.807) is 24.1 Å². The number of aromatic nitrogens is 1. The van der Waals surface area contributed by atoms with Crippen LogP contribution in [0.2, 0.25) is 5.15 Å². The number of hydrogen-bond acceptors (Lipinski definition) is 2. The molecule has 0 spiro atoms. The lowest BCUT2D eigenvalue weighted by molar-refractivity contribution is 0.0688. The smallest absolute Gasteiger partial charge is 0.256 e. The predicted molar refractivity (Wildman–Crippen MR) is 54.4 cm³/mol. The van der Waals surface area contributed by atoms with Crippen molar-refractivity contribution in [3.8, 4) is 0 Å². The van der Waals surface area contributed by atoms with E-state index in [1.165, 1.54) is 0 Å². The molecule has 0 aliphatic carbocycles. The van der Waals surface area contributed by atoms with E-state index in [2.05, 4.69) is 4.98 Å². The molecule has 14 heavy (non-hydrogen) atoms. The highest BCUT2D eigenvalue weighted by Crippen LogP contribution is 2.36. The molecule has 1 aromatic rings. The number of carbonyl (C=O) groups excluding carboxylic acids is 1. The SMILES string of the molecule is CN1C(=O)c2ccc(Cl)nc2C1(C)C. The monoisotopic (exact) mass is 210 g/mol. The fourth-order valence-electron chi connectivity index (χ4n) is 1.67. The van der Waals surface area contributed by atoms with Crippen molar-refractivity contribution < 1.29 is 4.79 Å². The fraction of sp³-hybridized carbons (Fsp3) is 0.400. The summed E-state index contributed by atoms with van der Waals surface area (Å²) >= 11 is 5.81. The molecule has 1 aliphatic rings. The molecule has 0 saturated heterocycles. The first kappa shape index (κ1) is 9.46. The van der Waals surface area contributed by atoms with Crippen LogP contribution in [-0.2, 0) is 5.54 Å². The number of rotatable bonds is 0. The molecule has 0 N–H and O–H groups in total. The van der Waals surface area contributed by atoms with E-state index in [9.17, 15) is 4.79 Å². The molecule has 0 atom stereocenters. The maximum Gasteiger partial charge on any atom is 0.256 e. The van der Waals surface area contributed by atoms with E-state index in [0.29, 0.717) is 10.7 Å². The van der Waals surface area contributed by atoms with Gasteiger partial charge in [-0.2, -0.15) is 0 Å². The minimum absolute atomic E-state index is 0.00849. The molecule has 1 amide bonds. The molecule has 3 nitrogen and oxygen atoms in total. The van der Waals surface area contributed by atoms with E-state index in [1.807, 2.05) is 13.8 Å². The molecule has 2 rings (SSSR count). The summed E-state index contributed by atoms with van der Waals surface area (Å²) < 4.78 is 0. The van der Waals surface area contributed by atoms with E-state index in [4.69, 9.17) is 11.6 Å². The number of amides is 1. The van der Waals surface area contributed by atoms with E-state index in [-0.39, 0.29) is 11.4 Å². The first-order valence-electron chi connectivity index (χ1n) is 4.40. The molecular weight excluding hydrogens is 200 g/mol. The van der Waals surface area contributed by atoms with Gasteiger partial charge in [0.15, 0.2) is 0 Å². The minimum atomic E-state index is -0.364. The quantitative estimate of drug-likeness (QED) is 0.614. The van der Waals surface area contributed by atoms with Crippen LogP contribution in [0.4, 0.5) is 0 Å². The summed E-state index contributed by atoms with van der Waals surface area (Å²) in [4.78, 5) is 17.7. The topological polar surface area (TPSA) is 33.2 Å². The zero-order valence-corrected chi connectivity index (χ0v) is 9.09. The maximum absolute atomic E-state index is 11.8. The normalized spacial score (nSPS) is 18.6. The van der Waals surface area contributed by atoms with Crippen molar-refractivity contribution in [3.63, 3.8) is 0 Å². The largest absolute Gasteiger partial charge is 0.331 e. The molecule has 0 radical (unpaired) electrons. The van der Waals surface area contributed by atoms with Gasteiger partial charge in [-0.25, -0.2) is 4.98 Å². The van der Waals surface area contributed by atoms with Crippen molar-refractivity contribution in [2.45, 2.75) is 19.4 Å². The minimum Gasteiger partial charge on any atom is -0.331 e. The van der Waals surface area contributed by atoms with Gasteiger partial charge in [-0.1, -0.05) is 11.6 Å². The Kier molecular flexibility index (Phi) is 1.83. The molecule has 0 saturated carbocycles. The summed E-state index contributed by atoms with van der Waals surface area (Å²) in [5.74, 6) is 0.00849. The number of pyridine rings is 1. The molecule has 4 heteroatoms. The molecule has 0 bridgehead atoms. The molecule has 74 valence electrons. The number of carbonyl (C=O) groups is 1. The van der Waals surface area contributed by atoms with Crippen molar-refractivity contribution in [2.75, 3.05) is 7.05 Å². The van der Waals surface area contributed by atoms with Crippen molar-refractivity contribution in [3.05, 3.63) is 28.5 Å². The Labute approximate surface area is 87.7 Å². The van der Waals surface area contributed by atoms with Gasteiger partial charge in [-0.05, 0) is 26.0 Å². The van der Waals surface area contributed by atoms with Gasteiger partial charge in [0.25, 0.3) is 5.91 Å². The van der Waals surface area contributed by atoms with E-state index in [0.717, 1.165) is 5.69 Å². The zero-order chi connectivity index (χ0) is 10.5.